The summed E-state index contributed by atoms with van der Waals surface area (Å²) in [4.78, 5) is 42.5. The fourth-order valence-electron chi connectivity index (χ4n) is 2.63. The minimum Gasteiger partial charge on any atom is -0.456 e. The molecule has 0 atom stereocenters. The number of rotatable bonds is 7. The Kier molecular flexibility index (Phi) is 6.11. The van der Waals surface area contributed by atoms with Crippen LogP contribution in [-0.4, -0.2) is 28.5 Å². The molecule has 7 nitrogen and oxygen atoms in total. The predicted octanol–water partition coefficient (Wildman–Crippen LogP) is 2.57. The van der Waals surface area contributed by atoms with Gasteiger partial charge in [0.1, 0.15) is 11.6 Å². The number of carbonyl (C=O) groups is 2. The van der Waals surface area contributed by atoms with Crippen LogP contribution in [0.5, 0.6) is 0 Å². The number of aryl methyl sites for hydroxylation is 1. The van der Waals surface area contributed by atoms with Crippen LogP contribution in [0.4, 0.5) is 10.1 Å². The molecule has 0 spiro atoms. The van der Waals surface area contributed by atoms with E-state index in [-0.39, 0.29) is 17.7 Å². The number of anilines is 1. The molecule has 0 aliphatic rings. The summed E-state index contributed by atoms with van der Waals surface area (Å²) >= 11 is 0. The van der Waals surface area contributed by atoms with Crippen molar-refractivity contribution in [2.24, 2.45) is 0 Å². The second kappa shape index (κ2) is 8.90. The summed E-state index contributed by atoms with van der Waals surface area (Å²) in [5.74, 6) is -1.09. The molecule has 3 aromatic rings. The highest BCUT2D eigenvalue weighted by Crippen LogP contribution is 2.09. The van der Waals surface area contributed by atoms with Crippen molar-refractivity contribution >= 4 is 28.5 Å². The monoisotopic (exact) mass is 383 g/mol. The van der Waals surface area contributed by atoms with Crippen LogP contribution in [0.1, 0.15) is 18.7 Å². The van der Waals surface area contributed by atoms with Gasteiger partial charge in [-0.3, -0.25) is 14.4 Å². The number of nitrogens with one attached hydrogen (secondary N) is 2. The lowest BCUT2D eigenvalue weighted by Gasteiger charge is -2.07. The Labute approximate surface area is 159 Å². The van der Waals surface area contributed by atoms with Crippen LogP contribution in [0, 0.1) is 5.82 Å². The SMILES string of the molecule is O=C(COC(=O)CCCc1nc2ccccc2c(=O)[nH]1)Nc1cccc(F)c1. The van der Waals surface area contributed by atoms with Gasteiger partial charge >= 0.3 is 5.97 Å². The summed E-state index contributed by atoms with van der Waals surface area (Å²) < 4.78 is 18.0. The number of hydrogen-bond acceptors (Lipinski definition) is 5. The highest BCUT2D eigenvalue weighted by molar-refractivity contribution is 5.92. The third-order valence-electron chi connectivity index (χ3n) is 3.93. The molecule has 0 radical (unpaired) electrons. The van der Waals surface area contributed by atoms with Crippen molar-refractivity contribution in [3.05, 3.63) is 70.5 Å². The quantitative estimate of drug-likeness (QED) is 0.611. The molecule has 3 rings (SSSR count). The molecule has 8 heteroatoms. The number of ether oxygens (including phenoxy) is 1. The van der Waals surface area contributed by atoms with Gasteiger partial charge in [-0.05, 0) is 36.8 Å². The van der Waals surface area contributed by atoms with E-state index in [2.05, 4.69) is 15.3 Å². The van der Waals surface area contributed by atoms with Gasteiger partial charge in [0.05, 0.1) is 10.9 Å². The number of esters is 1. The molecule has 0 bridgehead atoms. The third-order valence-corrected chi connectivity index (χ3v) is 3.93. The molecule has 0 aliphatic heterocycles. The topological polar surface area (TPSA) is 101 Å². The number of aromatic amines is 1. The van der Waals surface area contributed by atoms with E-state index in [1.807, 2.05) is 0 Å². The van der Waals surface area contributed by atoms with Crippen LogP contribution in [0.3, 0.4) is 0 Å². The highest BCUT2D eigenvalue weighted by atomic mass is 19.1. The van der Waals surface area contributed by atoms with Crippen LogP contribution >= 0.6 is 0 Å². The largest absolute Gasteiger partial charge is 0.456 e. The number of benzene rings is 2. The van der Waals surface area contributed by atoms with E-state index in [0.717, 1.165) is 6.07 Å². The minimum atomic E-state index is -0.556. The zero-order chi connectivity index (χ0) is 19.9. The fraction of sp³-hybridized carbons (Fsp3) is 0.200. The molecular weight excluding hydrogens is 365 g/mol. The third kappa shape index (κ3) is 5.23. The van der Waals surface area contributed by atoms with Crippen molar-refractivity contribution in [2.75, 3.05) is 11.9 Å². The van der Waals surface area contributed by atoms with E-state index in [0.29, 0.717) is 29.6 Å². The first-order valence-corrected chi connectivity index (χ1v) is 8.70. The van der Waals surface area contributed by atoms with Gasteiger partial charge in [-0.15, -0.1) is 0 Å². The average molecular weight is 383 g/mol. The molecule has 0 unspecified atom stereocenters. The van der Waals surface area contributed by atoms with Gasteiger partial charge in [-0.1, -0.05) is 18.2 Å². The van der Waals surface area contributed by atoms with Crippen LogP contribution in [0.25, 0.3) is 10.9 Å². The number of para-hydroxylation sites is 1. The maximum atomic E-state index is 13.1. The molecule has 0 saturated carbocycles. The fourth-order valence-corrected chi connectivity index (χ4v) is 2.63. The van der Waals surface area contributed by atoms with Gasteiger partial charge in [0, 0.05) is 18.5 Å². The maximum Gasteiger partial charge on any atom is 0.306 e. The smallest absolute Gasteiger partial charge is 0.306 e. The zero-order valence-corrected chi connectivity index (χ0v) is 14.9. The van der Waals surface area contributed by atoms with E-state index in [4.69, 9.17) is 4.74 Å². The Morgan fingerprint density at radius 1 is 1.14 bits per heavy atom. The van der Waals surface area contributed by atoms with Gasteiger partial charge in [0.25, 0.3) is 11.5 Å². The van der Waals surface area contributed by atoms with Gasteiger partial charge in [0.15, 0.2) is 6.61 Å². The number of aromatic nitrogens is 2. The van der Waals surface area contributed by atoms with Crippen LogP contribution in [0.2, 0.25) is 0 Å². The molecule has 0 aliphatic carbocycles. The number of carbonyl (C=O) groups excluding carboxylic acids is 2. The van der Waals surface area contributed by atoms with Crippen LogP contribution in [-0.2, 0) is 20.7 Å². The van der Waals surface area contributed by atoms with E-state index in [1.54, 1.807) is 24.3 Å². The van der Waals surface area contributed by atoms with E-state index in [9.17, 15) is 18.8 Å². The molecule has 144 valence electrons. The summed E-state index contributed by atoms with van der Waals surface area (Å²) in [6.45, 7) is -0.458. The minimum absolute atomic E-state index is 0.0732. The highest BCUT2D eigenvalue weighted by Gasteiger charge is 2.09. The lowest BCUT2D eigenvalue weighted by molar-refractivity contribution is -0.147. The average Bonchev–Trinajstić information content (AvgIpc) is 2.66. The predicted molar refractivity (Wildman–Crippen MR) is 101 cm³/mol. The molecule has 1 amide bonds. The molecule has 0 saturated heterocycles. The van der Waals surface area contributed by atoms with Crippen molar-refractivity contribution in [1.82, 2.24) is 9.97 Å². The second-order valence-electron chi connectivity index (χ2n) is 6.10. The van der Waals surface area contributed by atoms with Crippen molar-refractivity contribution in [3.8, 4) is 0 Å². The van der Waals surface area contributed by atoms with E-state index in [1.165, 1.54) is 18.2 Å². The Bertz CT molecular complexity index is 1060. The Morgan fingerprint density at radius 2 is 1.96 bits per heavy atom. The molecule has 2 aromatic carbocycles. The van der Waals surface area contributed by atoms with Crippen LogP contribution < -0.4 is 10.9 Å². The summed E-state index contributed by atoms with van der Waals surface area (Å²) in [5.41, 5.74) is 0.655. The van der Waals surface area contributed by atoms with Crippen molar-refractivity contribution in [2.45, 2.75) is 19.3 Å². The molecule has 1 aromatic heterocycles. The lowest BCUT2D eigenvalue weighted by atomic mass is 10.2. The Balaban J connectivity index is 1.43. The zero-order valence-electron chi connectivity index (χ0n) is 14.9. The molecule has 1 heterocycles. The van der Waals surface area contributed by atoms with Gasteiger partial charge in [0.2, 0.25) is 0 Å². The van der Waals surface area contributed by atoms with E-state index >= 15 is 0 Å². The first-order valence-electron chi connectivity index (χ1n) is 8.70. The number of hydrogen-bond donors (Lipinski definition) is 2. The maximum absolute atomic E-state index is 13.1. The number of nitrogens with zero attached hydrogens (tertiary/aromatic N) is 1. The molecule has 28 heavy (non-hydrogen) atoms. The number of H-pyrrole nitrogens is 1. The first kappa shape index (κ1) is 19.2. The number of halogens is 1. The normalized spacial score (nSPS) is 10.6. The van der Waals surface area contributed by atoms with Crippen molar-refractivity contribution in [3.63, 3.8) is 0 Å². The summed E-state index contributed by atoms with van der Waals surface area (Å²) in [6, 6.07) is 12.4. The Hall–Kier alpha value is -3.55. The van der Waals surface area contributed by atoms with Crippen molar-refractivity contribution in [1.29, 1.82) is 0 Å². The van der Waals surface area contributed by atoms with Gasteiger partial charge in [-0.2, -0.15) is 0 Å². The standard InChI is InChI=1S/C20H18FN3O4/c21-13-5-3-6-14(11-13)22-18(25)12-28-19(26)10-4-9-17-23-16-8-2-1-7-15(16)20(27)24-17/h1-3,5-8,11H,4,9-10,12H2,(H,22,25)(H,23,24,27). The summed E-state index contributed by atoms with van der Waals surface area (Å²) in [7, 11) is 0. The van der Waals surface area contributed by atoms with Crippen molar-refractivity contribution < 1.29 is 18.7 Å². The molecule has 0 fully saturated rings. The molecule has 2 N–H and O–H groups in total. The summed E-state index contributed by atoms with van der Waals surface area (Å²) in [5, 5.41) is 2.95. The number of fused-ring (bicyclic) bond motifs is 1. The van der Waals surface area contributed by atoms with Gasteiger partial charge in [-0.25, -0.2) is 9.37 Å². The van der Waals surface area contributed by atoms with E-state index < -0.39 is 24.3 Å². The first-order chi connectivity index (χ1) is 13.5. The Morgan fingerprint density at radius 3 is 2.79 bits per heavy atom. The van der Waals surface area contributed by atoms with Crippen LogP contribution in [0.15, 0.2) is 53.3 Å². The lowest BCUT2D eigenvalue weighted by Crippen LogP contribution is -2.21. The summed E-state index contributed by atoms with van der Waals surface area (Å²) in [6.07, 6.45) is 0.875. The second-order valence-corrected chi connectivity index (χ2v) is 6.10. The molecular formula is C20H18FN3O4. The van der Waals surface area contributed by atoms with Gasteiger partial charge < -0.3 is 15.0 Å². The number of amides is 1.